The Kier molecular flexibility index (Phi) is 7.70. The van der Waals surface area contributed by atoms with Gasteiger partial charge in [-0.25, -0.2) is 8.42 Å². The second-order valence-corrected chi connectivity index (χ2v) is 12.5. The highest BCUT2D eigenvalue weighted by molar-refractivity contribution is 7.92. The minimum absolute atomic E-state index is 0.000816. The van der Waals surface area contributed by atoms with Crippen molar-refractivity contribution in [3.63, 3.8) is 0 Å². The molecule has 0 bridgehead atoms. The van der Waals surface area contributed by atoms with Crippen LogP contribution in [0.1, 0.15) is 60.4 Å². The first-order valence-electron chi connectivity index (χ1n) is 12.2. The molecule has 0 spiro atoms. The number of sulfonamides is 1. The molecule has 1 atom stereocenters. The lowest BCUT2D eigenvalue weighted by atomic mass is 9.87. The van der Waals surface area contributed by atoms with E-state index in [0.29, 0.717) is 6.42 Å². The quantitative estimate of drug-likeness (QED) is 0.450. The Hall–Kier alpha value is -3.20. The number of anilines is 1. The van der Waals surface area contributed by atoms with E-state index in [1.54, 1.807) is 19.2 Å². The maximum atomic E-state index is 13.5. The minimum Gasteiger partial charge on any atom is -0.377 e. The molecule has 0 saturated carbocycles. The molecule has 0 unspecified atom stereocenters. The van der Waals surface area contributed by atoms with Crippen molar-refractivity contribution in [1.29, 1.82) is 0 Å². The number of allylic oxidation sites excluding steroid dienone is 2. The van der Waals surface area contributed by atoms with Crippen molar-refractivity contribution in [2.24, 2.45) is 0 Å². The highest BCUT2D eigenvalue weighted by atomic mass is 35.5. The van der Waals surface area contributed by atoms with Crippen LogP contribution in [-0.4, -0.2) is 44.9 Å². The van der Waals surface area contributed by atoms with Crippen molar-refractivity contribution in [3.05, 3.63) is 93.6 Å². The molecular weight excluding hydrogens is 524 g/mol. The van der Waals surface area contributed by atoms with Gasteiger partial charge in [0.25, 0.3) is 21.8 Å². The second-order valence-electron chi connectivity index (χ2n) is 10.5. The second kappa shape index (κ2) is 10.5. The Bertz CT molecular complexity index is 1480. The standard InChI is InChI=1S/C29H31ClN2O5S/c1-18-6-8-19(16-21(37-5)11-7-18)17-32-27(33)25-23(30)14-15-24(26(25)28(32)34)31-38(35,36)22-12-9-20(10-13-22)29(2,3)4/h6-10,12-16,21,31H,11,17H2,1-5H3/b8-6-,18-7+,19-16?/t21-/m1/s1. The van der Waals surface area contributed by atoms with Gasteiger partial charge in [0, 0.05) is 7.11 Å². The lowest BCUT2D eigenvalue weighted by molar-refractivity contribution is 0.0668. The van der Waals surface area contributed by atoms with Crippen LogP contribution >= 0.6 is 11.6 Å². The largest absolute Gasteiger partial charge is 0.377 e. The molecule has 1 heterocycles. The van der Waals surface area contributed by atoms with Crippen molar-refractivity contribution in [2.75, 3.05) is 18.4 Å². The van der Waals surface area contributed by atoms with Crippen molar-refractivity contribution in [2.45, 2.75) is 50.5 Å². The van der Waals surface area contributed by atoms with Crippen LogP contribution in [0, 0.1) is 0 Å². The van der Waals surface area contributed by atoms with Gasteiger partial charge in [-0.2, -0.15) is 0 Å². The fourth-order valence-electron chi connectivity index (χ4n) is 4.36. The summed E-state index contributed by atoms with van der Waals surface area (Å²) in [7, 11) is -2.44. The number of nitrogens with one attached hydrogen (secondary N) is 1. The fraction of sp³-hybridized carbons (Fsp3) is 0.310. The number of hydrogen-bond acceptors (Lipinski definition) is 5. The van der Waals surface area contributed by atoms with Crippen LogP contribution in [0.5, 0.6) is 0 Å². The van der Waals surface area contributed by atoms with Gasteiger partial charge in [0.1, 0.15) is 0 Å². The number of hydrogen-bond donors (Lipinski definition) is 1. The van der Waals surface area contributed by atoms with Crippen LogP contribution in [0.2, 0.25) is 5.02 Å². The minimum atomic E-state index is -4.04. The molecule has 0 fully saturated rings. The predicted molar refractivity (Wildman–Crippen MR) is 149 cm³/mol. The Morgan fingerprint density at radius 2 is 1.68 bits per heavy atom. The number of benzene rings is 2. The van der Waals surface area contributed by atoms with Crippen LogP contribution in [0.25, 0.3) is 0 Å². The zero-order valence-corrected chi connectivity index (χ0v) is 23.6. The molecule has 1 N–H and O–H groups in total. The Labute approximate surface area is 228 Å². The smallest absolute Gasteiger partial charge is 0.264 e. The van der Waals surface area contributed by atoms with Crippen LogP contribution in [0.3, 0.4) is 0 Å². The van der Waals surface area contributed by atoms with E-state index in [9.17, 15) is 18.0 Å². The number of fused-ring (bicyclic) bond motifs is 1. The molecule has 2 aromatic rings. The highest BCUT2D eigenvalue weighted by Gasteiger charge is 2.40. The average Bonchev–Trinajstić information content (AvgIpc) is 3.10. The van der Waals surface area contributed by atoms with E-state index in [1.807, 2.05) is 45.9 Å². The zero-order chi connectivity index (χ0) is 27.8. The maximum absolute atomic E-state index is 13.5. The Morgan fingerprint density at radius 1 is 1.03 bits per heavy atom. The third kappa shape index (κ3) is 5.62. The number of methoxy groups -OCH3 is 1. The monoisotopic (exact) mass is 554 g/mol. The van der Waals surface area contributed by atoms with E-state index in [0.717, 1.165) is 21.6 Å². The van der Waals surface area contributed by atoms with Gasteiger partial charge >= 0.3 is 0 Å². The van der Waals surface area contributed by atoms with E-state index in [2.05, 4.69) is 10.8 Å². The third-order valence-electron chi connectivity index (χ3n) is 6.62. The highest BCUT2D eigenvalue weighted by Crippen LogP contribution is 2.36. The summed E-state index contributed by atoms with van der Waals surface area (Å²) in [6.45, 7) is 8.07. The number of carbonyl (C=O) groups is 2. The number of rotatable bonds is 6. The van der Waals surface area contributed by atoms with Crippen molar-refractivity contribution in [1.82, 2.24) is 4.90 Å². The van der Waals surface area contributed by atoms with Gasteiger partial charge in [0.15, 0.2) is 0 Å². The molecule has 1 aliphatic carbocycles. The van der Waals surface area contributed by atoms with E-state index >= 15 is 0 Å². The number of carbonyl (C=O) groups excluding carboxylic acids is 2. The molecule has 0 saturated heterocycles. The molecule has 38 heavy (non-hydrogen) atoms. The maximum Gasteiger partial charge on any atom is 0.264 e. The van der Waals surface area contributed by atoms with E-state index in [4.69, 9.17) is 16.3 Å². The molecule has 0 radical (unpaired) electrons. The molecule has 4 rings (SSSR count). The molecule has 2 amide bonds. The van der Waals surface area contributed by atoms with Crippen LogP contribution < -0.4 is 4.72 Å². The summed E-state index contributed by atoms with van der Waals surface area (Å²) in [5.74, 6) is -1.20. The summed E-state index contributed by atoms with van der Waals surface area (Å²) >= 11 is 6.34. The van der Waals surface area contributed by atoms with Crippen molar-refractivity contribution < 1.29 is 22.7 Å². The van der Waals surface area contributed by atoms with Crippen molar-refractivity contribution in [3.8, 4) is 0 Å². The van der Waals surface area contributed by atoms with Gasteiger partial charge in [-0.15, -0.1) is 0 Å². The van der Waals surface area contributed by atoms with Gasteiger partial charge in [-0.05, 0) is 54.2 Å². The fourth-order valence-corrected chi connectivity index (χ4v) is 5.67. The Morgan fingerprint density at radius 3 is 2.32 bits per heavy atom. The number of amides is 2. The molecule has 7 nitrogen and oxygen atoms in total. The van der Waals surface area contributed by atoms with Crippen molar-refractivity contribution >= 4 is 39.1 Å². The summed E-state index contributed by atoms with van der Waals surface area (Å²) in [6.07, 6.45) is 8.12. The zero-order valence-electron chi connectivity index (χ0n) is 22.0. The number of imide groups is 1. The van der Waals surface area contributed by atoms with Gasteiger partial charge in [-0.3, -0.25) is 19.2 Å². The molecule has 1 aliphatic heterocycles. The van der Waals surface area contributed by atoms with Gasteiger partial charge in [0.05, 0.1) is 39.4 Å². The lowest BCUT2D eigenvalue weighted by Crippen LogP contribution is -2.32. The normalized spacial score (nSPS) is 20.3. The summed E-state index contributed by atoms with van der Waals surface area (Å²) in [6, 6.07) is 9.39. The molecule has 0 aromatic heterocycles. The van der Waals surface area contributed by atoms with Gasteiger partial charge in [0.2, 0.25) is 0 Å². The topological polar surface area (TPSA) is 92.8 Å². The number of ether oxygens (including phenoxy) is 1. The first-order chi connectivity index (χ1) is 17.8. The SMILES string of the molecule is CO[C@H]1C=C(CN2C(=O)c3c(Cl)ccc(NS(=O)(=O)c4ccc(C(C)(C)C)cc4)c3C2=O)/C=C\C(C)=C\C1. The first-order valence-corrected chi connectivity index (χ1v) is 14.1. The number of halogens is 1. The predicted octanol–water partition coefficient (Wildman–Crippen LogP) is 5.88. The molecule has 9 heteroatoms. The first kappa shape index (κ1) is 27.8. The third-order valence-corrected chi connectivity index (χ3v) is 8.32. The van der Waals surface area contributed by atoms with E-state index in [1.165, 1.54) is 24.3 Å². The Balaban J connectivity index is 1.66. The summed E-state index contributed by atoms with van der Waals surface area (Å²) in [5, 5.41) is 0.0778. The summed E-state index contributed by atoms with van der Waals surface area (Å²) < 4.78 is 34.4. The van der Waals surface area contributed by atoms with Gasteiger partial charge in [-0.1, -0.05) is 74.4 Å². The van der Waals surface area contributed by atoms with E-state index in [-0.39, 0.29) is 44.8 Å². The summed E-state index contributed by atoms with van der Waals surface area (Å²) in [4.78, 5) is 28.0. The van der Waals surface area contributed by atoms with Crippen LogP contribution in [0.15, 0.2) is 76.7 Å². The average molecular weight is 555 g/mol. The molecule has 2 aliphatic rings. The summed E-state index contributed by atoms with van der Waals surface area (Å²) in [5.41, 5.74) is 2.52. The van der Waals surface area contributed by atoms with Gasteiger partial charge < -0.3 is 4.74 Å². The molecular formula is C29H31ClN2O5S. The van der Waals surface area contributed by atoms with Crippen LogP contribution in [-0.2, 0) is 20.2 Å². The molecule has 2 aromatic carbocycles. The number of nitrogens with zero attached hydrogens (tertiary/aromatic N) is 1. The van der Waals surface area contributed by atoms with E-state index < -0.39 is 21.8 Å². The molecule has 200 valence electrons. The lowest BCUT2D eigenvalue weighted by Gasteiger charge is -2.19. The van der Waals surface area contributed by atoms with Crippen LogP contribution in [0.4, 0.5) is 5.69 Å².